The second kappa shape index (κ2) is 14.2. The third-order valence-electron chi connectivity index (χ3n) is 7.89. The van der Waals surface area contributed by atoms with Crippen molar-refractivity contribution in [3.05, 3.63) is 94.5 Å². The fourth-order valence-corrected chi connectivity index (χ4v) is 7.22. The molecule has 42 heavy (non-hydrogen) atoms. The molecule has 3 aromatic rings. The number of amides is 2. The highest BCUT2D eigenvalue weighted by Gasteiger charge is 2.34. The molecule has 0 heterocycles. The predicted molar refractivity (Wildman–Crippen MR) is 168 cm³/mol. The van der Waals surface area contributed by atoms with Crippen LogP contribution in [0.3, 0.4) is 0 Å². The highest BCUT2D eigenvalue weighted by molar-refractivity contribution is 7.92. The Morgan fingerprint density at radius 3 is 2.26 bits per heavy atom. The third-order valence-corrected chi connectivity index (χ3v) is 9.90. The molecular weight excluding hydrogens is 570 g/mol. The van der Waals surface area contributed by atoms with Crippen LogP contribution in [-0.4, -0.2) is 50.3 Å². The van der Waals surface area contributed by atoms with Crippen molar-refractivity contribution in [3.63, 3.8) is 0 Å². The number of rotatable bonds is 12. The van der Waals surface area contributed by atoms with Gasteiger partial charge in [-0.1, -0.05) is 79.4 Å². The number of benzene rings is 3. The lowest BCUT2D eigenvalue weighted by molar-refractivity contribution is -0.139. The molecule has 4 rings (SSSR count). The number of nitrogens with zero attached hydrogens (tertiary/aromatic N) is 2. The van der Waals surface area contributed by atoms with Gasteiger partial charge in [0, 0.05) is 17.6 Å². The number of carbonyl (C=O) groups is 2. The maximum absolute atomic E-state index is 14.2. The first kappa shape index (κ1) is 31.6. The number of hydrogen-bond donors (Lipinski definition) is 1. The Morgan fingerprint density at radius 1 is 0.976 bits per heavy atom. The van der Waals surface area contributed by atoms with Gasteiger partial charge in [-0.25, -0.2) is 8.42 Å². The molecule has 1 atom stereocenters. The van der Waals surface area contributed by atoms with Gasteiger partial charge in [-0.15, -0.1) is 0 Å². The summed E-state index contributed by atoms with van der Waals surface area (Å²) in [6.45, 7) is 5.34. The lowest BCUT2D eigenvalue weighted by Crippen LogP contribution is -2.54. The van der Waals surface area contributed by atoms with Gasteiger partial charge in [-0.3, -0.25) is 13.9 Å². The van der Waals surface area contributed by atoms with Crippen LogP contribution in [0.15, 0.2) is 77.7 Å². The summed E-state index contributed by atoms with van der Waals surface area (Å²) >= 11 is 6.20. The number of halogens is 1. The van der Waals surface area contributed by atoms with Crippen molar-refractivity contribution in [2.24, 2.45) is 0 Å². The lowest BCUT2D eigenvalue weighted by atomic mass is 10.1. The van der Waals surface area contributed by atoms with E-state index in [0.717, 1.165) is 41.1 Å². The Labute approximate surface area is 254 Å². The second-order valence-corrected chi connectivity index (χ2v) is 13.3. The first-order valence-electron chi connectivity index (χ1n) is 14.6. The van der Waals surface area contributed by atoms with Crippen LogP contribution in [0.2, 0.25) is 5.02 Å². The molecule has 0 aromatic heterocycles. The summed E-state index contributed by atoms with van der Waals surface area (Å²) in [7, 11) is -4.13. The topological polar surface area (TPSA) is 86.8 Å². The molecule has 1 saturated carbocycles. The van der Waals surface area contributed by atoms with Crippen LogP contribution in [0.4, 0.5) is 5.69 Å². The molecule has 0 bridgehead atoms. The molecule has 1 N–H and O–H groups in total. The molecule has 0 radical (unpaired) electrons. The number of carbonyl (C=O) groups excluding carboxylic acids is 2. The quantitative estimate of drug-likeness (QED) is 0.270. The van der Waals surface area contributed by atoms with E-state index in [1.165, 1.54) is 0 Å². The van der Waals surface area contributed by atoms with Gasteiger partial charge in [0.05, 0.1) is 10.6 Å². The molecule has 3 aromatic carbocycles. The van der Waals surface area contributed by atoms with Crippen molar-refractivity contribution in [2.45, 2.75) is 76.3 Å². The Kier molecular flexibility index (Phi) is 10.7. The summed E-state index contributed by atoms with van der Waals surface area (Å²) in [5, 5.41) is 3.61. The smallest absolute Gasteiger partial charge is 0.264 e. The zero-order chi connectivity index (χ0) is 30.3. The van der Waals surface area contributed by atoms with Crippen LogP contribution in [-0.2, 0) is 26.0 Å². The van der Waals surface area contributed by atoms with E-state index >= 15 is 0 Å². The molecular formula is C33H40ClN3O4S. The van der Waals surface area contributed by atoms with Crippen LogP contribution >= 0.6 is 11.6 Å². The normalized spacial score (nSPS) is 14.4. The summed E-state index contributed by atoms with van der Waals surface area (Å²) in [4.78, 5) is 29.4. The molecule has 0 saturated heterocycles. The van der Waals surface area contributed by atoms with Crippen LogP contribution in [0.5, 0.6) is 0 Å². The number of hydrogen-bond acceptors (Lipinski definition) is 4. The minimum absolute atomic E-state index is 0.0807. The van der Waals surface area contributed by atoms with Crippen LogP contribution in [0, 0.1) is 13.8 Å². The largest absolute Gasteiger partial charge is 0.352 e. The lowest BCUT2D eigenvalue weighted by Gasteiger charge is -2.34. The third kappa shape index (κ3) is 7.72. The van der Waals surface area contributed by atoms with Crippen molar-refractivity contribution in [1.82, 2.24) is 10.2 Å². The summed E-state index contributed by atoms with van der Waals surface area (Å²) in [6.07, 6.45) is 4.95. The molecule has 2 amide bonds. The molecule has 1 fully saturated rings. The maximum atomic E-state index is 14.2. The fraction of sp³-hybridized carbons (Fsp3) is 0.394. The second-order valence-electron chi connectivity index (χ2n) is 11.0. The van der Waals surface area contributed by atoms with Crippen LogP contribution < -0.4 is 9.62 Å². The van der Waals surface area contributed by atoms with E-state index < -0.39 is 28.5 Å². The van der Waals surface area contributed by atoms with E-state index in [-0.39, 0.29) is 23.4 Å². The maximum Gasteiger partial charge on any atom is 0.264 e. The summed E-state index contributed by atoms with van der Waals surface area (Å²) in [5.74, 6) is -0.634. The number of sulfonamides is 1. The van der Waals surface area contributed by atoms with E-state index in [2.05, 4.69) is 5.32 Å². The number of anilines is 1. The van der Waals surface area contributed by atoms with E-state index in [1.807, 2.05) is 44.2 Å². The van der Waals surface area contributed by atoms with Gasteiger partial charge in [-0.2, -0.15) is 0 Å². The van der Waals surface area contributed by atoms with E-state index in [9.17, 15) is 18.0 Å². The zero-order valence-electron chi connectivity index (χ0n) is 24.6. The van der Waals surface area contributed by atoms with Gasteiger partial charge in [-0.05, 0) is 81.0 Å². The van der Waals surface area contributed by atoms with Crippen LogP contribution in [0.25, 0.3) is 0 Å². The summed E-state index contributed by atoms with van der Waals surface area (Å²) in [5.41, 5.74) is 2.93. The van der Waals surface area contributed by atoms with Gasteiger partial charge in [0.15, 0.2) is 0 Å². The molecule has 0 spiro atoms. The first-order valence-corrected chi connectivity index (χ1v) is 16.4. The predicted octanol–water partition coefficient (Wildman–Crippen LogP) is 6.06. The standard InChI is InChI=1S/C33H40ClN3O4S/c1-4-30(33(39)35-28-12-8-9-13-28)36(21-20-26-10-6-5-7-11-26)32(38)23-37(31-19-16-27(34)22-25(31)3)42(40,41)29-17-14-24(2)15-18-29/h5-7,10-11,14-19,22,28,30H,4,8-9,12-13,20-21,23H2,1-3H3,(H,35,39)/t30-/m1/s1. The van der Waals surface area contributed by atoms with Crippen LogP contribution in [0.1, 0.15) is 55.7 Å². The average Bonchev–Trinajstić information content (AvgIpc) is 3.48. The molecule has 7 nitrogen and oxygen atoms in total. The van der Waals surface area contributed by atoms with Gasteiger partial charge in [0.2, 0.25) is 11.8 Å². The summed E-state index contributed by atoms with van der Waals surface area (Å²) in [6, 6.07) is 20.6. The highest BCUT2D eigenvalue weighted by Crippen LogP contribution is 2.29. The van der Waals surface area contributed by atoms with Crippen molar-refractivity contribution in [3.8, 4) is 0 Å². The Bertz CT molecular complexity index is 1470. The van der Waals surface area contributed by atoms with Crippen molar-refractivity contribution < 1.29 is 18.0 Å². The van der Waals surface area contributed by atoms with E-state index in [1.54, 1.807) is 54.3 Å². The molecule has 0 aliphatic heterocycles. The Balaban J connectivity index is 1.70. The Hall–Kier alpha value is -3.36. The summed E-state index contributed by atoms with van der Waals surface area (Å²) < 4.78 is 29.3. The fourth-order valence-electron chi connectivity index (χ4n) is 5.51. The Morgan fingerprint density at radius 2 is 1.64 bits per heavy atom. The SMILES string of the molecule is CC[C@H](C(=O)NC1CCCC1)N(CCc1ccccc1)C(=O)CN(c1ccc(Cl)cc1C)S(=O)(=O)c1ccc(C)cc1. The zero-order valence-corrected chi connectivity index (χ0v) is 26.1. The van der Waals surface area contributed by atoms with E-state index in [4.69, 9.17) is 11.6 Å². The molecule has 1 aliphatic rings. The van der Waals surface area contributed by atoms with Gasteiger partial charge >= 0.3 is 0 Å². The minimum atomic E-state index is -4.13. The van der Waals surface area contributed by atoms with Crippen molar-refractivity contribution in [2.75, 3.05) is 17.4 Å². The molecule has 224 valence electrons. The first-order chi connectivity index (χ1) is 20.1. The van der Waals surface area contributed by atoms with Crippen molar-refractivity contribution in [1.29, 1.82) is 0 Å². The minimum Gasteiger partial charge on any atom is -0.352 e. The van der Waals surface area contributed by atoms with Gasteiger partial charge in [0.1, 0.15) is 12.6 Å². The monoisotopic (exact) mass is 609 g/mol. The molecule has 0 unspecified atom stereocenters. The van der Waals surface area contributed by atoms with E-state index in [0.29, 0.717) is 29.1 Å². The van der Waals surface area contributed by atoms with Gasteiger partial charge in [0.25, 0.3) is 10.0 Å². The molecule has 1 aliphatic carbocycles. The number of nitrogens with one attached hydrogen (secondary N) is 1. The highest BCUT2D eigenvalue weighted by atomic mass is 35.5. The average molecular weight is 610 g/mol. The number of aryl methyl sites for hydroxylation is 2. The molecule has 9 heteroatoms. The van der Waals surface area contributed by atoms with Gasteiger partial charge < -0.3 is 10.2 Å². The van der Waals surface area contributed by atoms with Crippen molar-refractivity contribution >= 4 is 39.1 Å².